The fraction of sp³-hybridized carbons (Fsp3) is 0.500. The number of nitrogens with one attached hydrogen (secondary N) is 1. The molecule has 1 N–H and O–H groups in total. The fourth-order valence-corrected chi connectivity index (χ4v) is 1.92. The number of amides is 2. The molecule has 100 valence electrons. The van der Waals surface area contributed by atoms with Gasteiger partial charge in [-0.15, -0.1) is 0 Å². The molecule has 0 radical (unpaired) electrons. The van der Waals surface area contributed by atoms with Gasteiger partial charge < -0.3 is 10.2 Å². The average Bonchev–Trinajstić information content (AvgIpc) is 2.35. The van der Waals surface area contributed by atoms with Gasteiger partial charge in [0.25, 0.3) is 0 Å². The van der Waals surface area contributed by atoms with Crippen molar-refractivity contribution in [1.29, 1.82) is 0 Å². The highest BCUT2D eigenvalue weighted by Gasteiger charge is 2.11. The van der Waals surface area contributed by atoms with Crippen LogP contribution in [0.4, 0.5) is 10.5 Å². The second-order valence-electron chi connectivity index (χ2n) is 4.33. The van der Waals surface area contributed by atoms with E-state index < -0.39 is 0 Å². The average molecular weight is 313 g/mol. The Bertz CT molecular complexity index is 407. The monoisotopic (exact) mass is 312 g/mol. The second-order valence-corrected chi connectivity index (χ2v) is 5.18. The normalized spacial score (nSPS) is 10.2. The molecule has 0 aliphatic heterocycles. The number of halogens is 1. The smallest absolute Gasteiger partial charge is 0.321 e. The molecule has 4 heteroatoms. The molecule has 0 heterocycles. The van der Waals surface area contributed by atoms with Crippen LogP contribution in [-0.2, 0) is 0 Å². The predicted molar refractivity (Wildman–Crippen MR) is 80.1 cm³/mol. The van der Waals surface area contributed by atoms with Crippen LogP contribution in [0.5, 0.6) is 0 Å². The van der Waals surface area contributed by atoms with E-state index in [2.05, 4.69) is 28.2 Å². The van der Waals surface area contributed by atoms with Crippen molar-refractivity contribution in [1.82, 2.24) is 4.90 Å². The molecule has 0 spiro atoms. The van der Waals surface area contributed by atoms with Crippen molar-refractivity contribution in [3.63, 3.8) is 0 Å². The Morgan fingerprint density at radius 1 is 1.39 bits per heavy atom. The van der Waals surface area contributed by atoms with Crippen molar-refractivity contribution in [3.05, 3.63) is 28.2 Å². The van der Waals surface area contributed by atoms with Crippen molar-refractivity contribution in [3.8, 4) is 0 Å². The van der Waals surface area contributed by atoms with E-state index in [1.165, 1.54) is 0 Å². The van der Waals surface area contributed by atoms with Crippen molar-refractivity contribution in [2.45, 2.75) is 33.6 Å². The van der Waals surface area contributed by atoms with Crippen molar-refractivity contribution < 1.29 is 4.79 Å². The van der Waals surface area contributed by atoms with Crippen LogP contribution in [-0.4, -0.2) is 24.0 Å². The van der Waals surface area contributed by atoms with Gasteiger partial charge in [0.1, 0.15) is 0 Å². The Morgan fingerprint density at radius 2 is 2.11 bits per heavy atom. The van der Waals surface area contributed by atoms with Gasteiger partial charge in [-0.3, -0.25) is 0 Å². The van der Waals surface area contributed by atoms with Gasteiger partial charge >= 0.3 is 6.03 Å². The minimum absolute atomic E-state index is 0.0207. The number of carbonyl (C=O) groups excluding carboxylic acids is 1. The molecular weight excluding hydrogens is 292 g/mol. The van der Waals surface area contributed by atoms with E-state index >= 15 is 0 Å². The summed E-state index contributed by atoms with van der Waals surface area (Å²) in [5.74, 6) is 0. The molecular formula is C14H21BrN2O. The molecule has 0 aliphatic carbocycles. The van der Waals surface area contributed by atoms with Crippen LogP contribution in [0.15, 0.2) is 22.7 Å². The summed E-state index contributed by atoms with van der Waals surface area (Å²) in [4.78, 5) is 13.9. The lowest BCUT2D eigenvalue weighted by Gasteiger charge is -2.21. The van der Waals surface area contributed by atoms with Gasteiger partial charge in [0.15, 0.2) is 0 Å². The van der Waals surface area contributed by atoms with Gasteiger partial charge in [-0.05, 0) is 44.0 Å². The van der Waals surface area contributed by atoms with E-state index in [-0.39, 0.29) is 6.03 Å². The Morgan fingerprint density at radius 3 is 2.67 bits per heavy atom. The third-order valence-electron chi connectivity index (χ3n) is 2.86. The minimum atomic E-state index is -0.0207. The van der Waals surface area contributed by atoms with E-state index in [1.54, 1.807) is 0 Å². The molecule has 0 fully saturated rings. The number of hydrogen-bond donors (Lipinski definition) is 1. The van der Waals surface area contributed by atoms with Gasteiger partial charge in [0.2, 0.25) is 0 Å². The van der Waals surface area contributed by atoms with Crippen molar-refractivity contribution in [2.75, 3.05) is 18.4 Å². The molecule has 1 aromatic rings. The van der Waals surface area contributed by atoms with E-state index in [4.69, 9.17) is 0 Å². The number of hydrogen-bond acceptors (Lipinski definition) is 1. The standard InChI is InChI=1S/C14H21BrN2O/c1-4-6-9-17(5-2)14(18)16-12-7-8-13(15)11(3)10-12/h7-8,10H,4-6,9H2,1-3H3,(H,16,18). The molecule has 0 atom stereocenters. The first-order valence-electron chi connectivity index (χ1n) is 6.40. The van der Waals surface area contributed by atoms with Gasteiger partial charge in [0.05, 0.1) is 0 Å². The number of anilines is 1. The minimum Gasteiger partial charge on any atom is -0.325 e. The highest BCUT2D eigenvalue weighted by atomic mass is 79.9. The highest BCUT2D eigenvalue weighted by Crippen LogP contribution is 2.20. The largest absolute Gasteiger partial charge is 0.325 e. The zero-order valence-electron chi connectivity index (χ0n) is 11.3. The first-order valence-corrected chi connectivity index (χ1v) is 7.19. The van der Waals surface area contributed by atoms with E-state index in [1.807, 2.05) is 36.9 Å². The molecule has 0 saturated heterocycles. The maximum atomic E-state index is 12.0. The van der Waals surface area contributed by atoms with Crippen LogP contribution in [0.25, 0.3) is 0 Å². The van der Waals surface area contributed by atoms with Gasteiger partial charge in [-0.1, -0.05) is 29.3 Å². The first kappa shape index (κ1) is 15.0. The molecule has 18 heavy (non-hydrogen) atoms. The third kappa shape index (κ3) is 4.33. The van der Waals surface area contributed by atoms with E-state index in [0.717, 1.165) is 41.7 Å². The fourth-order valence-electron chi connectivity index (χ4n) is 1.68. The maximum Gasteiger partial charge on any atom is 0.321 e. The Labute approximate surface area is 118 Å². The molecule has 0 saturated carbocycles. The summed E-state index contributed by atoms with van der Waals surface area (Å²) < 4.78 is 1.05. The second kappa shape index (κ2) is 7.41. The molecule has 0 bridgehead atoms. The van der Waals surface area contributed by atoms with Crippen LogP contribution in [0.2, 0.25) is 0 Å². The summed E-state index contributed by atoms with van der Waals surface area (Å²) >= 11 is 3.45. The SMILES string of the molecule is CCCCN(CC)C(=O)Nc1ccc(Br)c(C)c1. The lowest BCUT2D eigenvalue weighted by molar-refractivity contribution is 0.213. The predicted octanol–water partition coefficient (Wildman–Crippen LogP) is 4.41. The number of carbonyl (C=O) groups is 1. The van der Waals surface area contributed by atoms with Gasteiger partial charge in [0, 0.05) is 23.2 Å². The van der Waals surface area contributed by atoms with Crippen molar-refractivity contribution >= 4 is 27.6 Å². The maximum absolute atomic E-state index is 12.0. The number of urea groups is 1. The first-order chi connectivity index (χ1) is 8.58. The molecule has 0 unspecified atom stereocenters. The van der Waals surface area contributed by atoms with Gasteiger partial charge in [-0.2, -0.15) is 0 Å². The topological polar surface area (TPSA) is 32.3 Å². The summed E-state index contributed by atoms with van der Waals surface area (Å²) in [6, 6.07) is 5.80. The quantitative estimate of drug-likeness (QED) is 0.858. The zero-order valence-corrected chi connectivity index (χ0v) is 12.9. The lowest BCUT2D eigenvalue weighted by atomic mass is 10.2. The van der Waals surface area contributed by atoms with Crippen LogP contribution in [0, 0.1) is 6.92 Å². The zero-order chi connectivity index (χ0) is 13.5. The van der Waals surface area contributed by atoms with Crippen LogP contribution < -0.4 is 5.32 Å². The summed E-state index contributed by atoms with van der Waals surface area (Å²) in [5.41, 5.74) is 1.96. The number of rotatable bonds is 5. The molecule has 1 rings (SSSR count). The summed E-state index contributed by atoms with van der Waals surface area (Å²) in [7, 11) is 0. The Kier molecular flexibility index (Phi) is 6.19. The molecule has 0 aromatic heterocycles. The number of nitrogens with zero attached hydrogens (tertiary/aromatic N) is 1. The summed E-state index contributed by atoms with van der Waals surface area (Å²) in [6.45, 7) is 7.69. The van der Waals surface area contributed by atoms with E-state index in [0.29, 0.717) is 0 Å². The number of benzene rings is 1. The molecule has 0 aliphatic rings. The summed E-state index contributed by atoms with van der Waals surface area (Å²) in [5, 5.41) is 2.94. The number of unbranched alkanes of at least 4 members (excludes halogenated alkanes) is 1. The van der Waals surface area contributed by atoms with Crippen LogP contribution >= 0.6 is 15.9 Å². The summed E-state index contributed by atoms with van der Waals surface area (Å²) in [6.07, 6.45) is 2.14. The molecule has 3 nitrogen and oxygen atoms in total. The Balaban J connectivity index is 2.64. The third-order valence-corrected chi connectivity index (χ3v) is 3.75. The molecule has 1 aromatic carbocycles. The van der Waals surface area contributed by atoms with Crippen LogP contribution in [0.3, 0.4) is 0 Å². The van der Waals surface area contributed by atoms with Gasteiger partial charge in [-0.25, -0.2) is 4.79 Å². The molecule has 2 amide bonds. The number of aryl methyl sites for hydroxylation is 1. The van der Waals surface area contributed by atoms with E-state index in [9.17, 15) is 4.79 Å². The van der Waals surface area contributed by atoms with Crippen molar-refractivity contribution in [2.24, 2.45) is 0 Å². The van der Waals surface area contributed by atoms with Crippen LogP contribution in [0.1, 0.15) is 32.3 Å². The Hall–Kier alpha value is -1.03. The lowest BCUT2D eigenvalue weighted by Crippen LogP contribution is -2.35. The highest BCUT2D eigenvalue weighted by molar-refractivity contribution is 9.10.